The van der Waals surface area contributed by atoms with E-state index in [1.807, 2.05) is 37.3 Å². The van der Waals surface area contributed by atoms with Gasteiger partial charge in [-0.2, -0.15) is 0 Å². The molecule has 1 rings (SSSR count). The Labute approximate surface area is 184 Å². The summed E-state index contributed by atoms with van der Waals surface area (Å²) in [5.74, 6) is 0.242. The SMILES string of the molecule is C=C(C)C(=O)OCCCNC(=O)OC(COCCCCOCC)COc1ccccc1. The highest BCUT2D eigenvalue weighted by atomic mass is 16.6. The van der Waals surface area contributed by atoms with Crippen LogP contribution < -0.4 is 10.1 Å². The topological polar surface area (TPSA) is 92.3 Å². The Balaban J connectivity index is 2.33. The molecule has 8 heteroatoms. The minimum Gasteiger partial charge on any atom is -0.490 e. The van der Waals surface area contributed by atoms with Crippen LogP contribution in [-0.4, -0.2) is 64.4 Å². The Morgan fingerprint density at radius 3 is 2.39 bits per heavy atom. The molecule has 0 radical (unpaired) electrons. The van der Waals surface area contributed by atoms with Crippen LogP contribution in [0.15, 0.2) is 42.5 Å². The number of hydrogen-bond donors (Lipinski definition) is 1. The number of carbonyl (C=O) groups excluding carboxylic acids is 2. The number of nitrogens with one attached hydrogen (secondary N) is 1. The molecule has 1 atom stereocenters. The monoisotopic (exact) mass is 437 g/mol. The van der Waals surface area contributed by atoms with Gasteiger partial charge in [0.25, 0.3) is 0 Å². The first-order valence-corrected chi connectivity index (χ1v) is 10.6. The van der Waals surface area contributed by atoms with Gasteiger partial charge in [0.05, 0.1) is 13.2 Å². The maximum atomic E-state index is 12.1. The number of amides is 1. The van der Waals surface area contributed by atoms with E-state index in [2.05, 4.69) is 11.9 Å². The molecule has 0 saturated heterocycles. The van der Waals surface area contributed by atoms with E-state index in [1.54, 1.807) is 6.92 Å². The molecule has 1 N–H and O–H groups in total. The van der Waals surface area contributed by atoms with Crippen molar-refractivity contribution in [1.29, 1.82) is 0 Å². The van der Waals surface area contributed by atoms with E-state index < -0.39 is 18.2 Å². The number of unbranched alkanes of at least 4 members (excludes halogenated alkanes) is 1. The lowest BCUT2D eigenvalue weighted by molar-refractivity contribution is -0.138. The van der Waals surface area contributed by atoms with E-state index >= 15 is 0 Å². The molecule has 1 amide bonds. The maximum Gasteiger partial charge on any atom is 0.407 e. The lowest BCUT2D eigenvalue weighted by Crippen LogP contribution is -2.35. The predicted molar refractivity (Wildman–Crippen MR) is 117 cm³/mol. The van der Waals surface area contributed by atoms with Crippen LogP contribution in [0.2, 0.25) is 0 Å². The van der Waals surface area contributed by atoms with Crippen molar-refractivity contribution in [1.82, 2.24) is 5.32 Å². The molecule has 8 nitrogen and oxygen atoms in total. The van der Waals surface area contributed by atoms with E-state index in [1.165, 1.54) is 0 Å². The summed E-state index contributed by atoms with van der Waals surface area (Å²) < 4.78 is 27.1. The first kappa shape index (κ1) is 26.5. The molecule has 0 aromatic heterocycles. The normalized spacial score (nSPS) is 11.4. The van der Waals surface area contributed by atoms with Gasteiger partial charge in [0.2, 0.25) is 0 Å². The lowest BCUT2D eigenvalue weighted by atomic mass is 10.3. The van der Waals surface area contributed by atoms with Crippen molar-refractivity contribution in [3.63, 3.8) is 0 Å². The predicted octanol–water partition coefficient (Wildman–Crippen LogP) is 3.50. The van der Waals surface area contributed by atoms with Crippen LogP contribution >= 0.6 is 0 Å². The van der Waals surface area contributed by atoms with Gasteiger partial charge in [-0.15, -0.1) is 0 Å². The third-order valence-electron chi connectivity index (χ3n) is 3.96. The van der Waals surface area contributed by atoms with Crippen molar-refractivity contribution in [2.75, 3.05) is 46.2 Å². The van der Waals surface area contributed by atoms with Gasteiger partial charge in [0.1, 0.15) is 12.4 Å². The van der Waals surface area contributed by atoms with Gasteiger partial charge in [0.15, 0.2) is 6.10 Å². The Bertz CT molecular complexity index is 636. The fraction of sp³-hybridized carbons (Fsp3) is 0.565. The zero-order valence-electron chi connectivity index (χ0n) is 18.6. The zero-order valence-corrected chi connectivity index (χ0v) is 18.6. The fourth-order valence-electron chi connectivity index (χ4n) is 2.33. The highest BCUT2D eigenvalue weighted by Crippen LogP contribution is 2.10. The van der Waals surface area contributed by atoms with Crippen molar-refractivity contribution in [3.05, 3.63) is 42.5 Å². The van der Waals surface area contributed by atoms with Crippen molar-refractivity contribution in [2.24, 2.45) is 0 Å². The van der Waals surface area contributed by atoms with Gasteiger partial charge in [-0.25, -0.2) is 9.59 Å². The van der Waals surface area contributed by atoms with Crippen molar-refractivity contribution >= 4 is 12.1 Å². The van der Waals surface area contributed by atoms with Gasteiger partial charge in [-0.3, -0.25) is 0 Å². The second kappa shape index (κ2) is 17.1. The van der Waals surface area contributed by atoms with Crippen LogP contribution in [0.3, 0.4) is 0 Å². The Morgan fingerprint density at radius 2 is 1.71 bits per heavy atom. The lowest BCUT2D eigenvalue weighted by Gasteiger charge is -2.19. The van der Waals surface area contributed by atoms with Gasteiger partial charge < -0.3 is 29.0 Å². The van der Waals surface area contributed by atoms with Crippen molar-refractivity contribution < 1.29 is 33.3 Å². The van der Waals surface area contributed by atoms with Crippen LogP contribution in [0, 0.1) is 0 Å². The number of carbonyl (C=O) groups is 2. The number of rotatable bonds is 17. The largest absolute Gasteiger partial charge is 0.490 e. The molecular formula is C23H35NO7. The average molecular weight is 438 g/mol. The van der Waals surface area contributed by atoms with Crippen LogP contribution in [0.4, 0.5) is 4.79 Å². The minimum atomic E-state index is -0.576. The van der Waals surface area contributed by atoms with Gasteiger partial charge >= 0.3 is 12.1 Å². The summed E-state index contributed by atoms with van der Waals surface area (Å²) in [7, 11) is 0. The zero-order chi connectivity index (χ0) is 22.7. The van der Waals surface area contributed by atoms with E-state index in [-0.39, 0.29) is 19.8 Å². The molecule has 0 aliphatic rings. The first-order chi connectivity index (χ1) is 15.0. The molecule has 0 saturated carbocycles. The number of hydrogen-bond acceptors (Lipinski definition) is 7. The summed E-state index contributed by atoms with van der Waals surface area (Å²) in [5, 5.41) is 2.64. The quantitative estimate of drug-likeness (QED) is 0.226. The number of para-hydroxylation sites is 1. The first-order valence-electron chi connectivity index (χ1n) is 10.6. The number of esters is 1. The van der Waals surface area contributed by atoms with E-state index in [9.17, 15) is 9.59 Å². The third kappa shape index (κ3) is 14.1. The summed E-state index contributed by atoms with van der Waals surface area (Å²) in [6.07, 6.45) is 1.11. The smallest absolute Gasteiger partial charge is 0.407 e. The molecule has 1 aromatic rings. The second-order valence-corrected chi connectivity index (χ2v) is 6.83. The molecule has 0 spiro atoms. The Kier molecular flexibility index (Phi) is 14.6. The van der Waals surface area contributed by atoms with Gasteiger partial charge in [0, 0.05) is 31.9 Å². The molecule has 0 aliphatic heterocycles. The summed E-state index contributed by atoms with van der Waals surface area (Å²) in [4.78, 5) is 23.4. The van der Waals surface area contributed by atoms with Gasteiger partial charge in [-0.1, -0.05) is 24.8 Å². The van der Waals surface area contributed by atoms with E-state index in [0.29, 0.717) is 44.1 Å². The number of alkyl carbamates (subject to hydrolysis) is 1. The average Bonchev–Trinajstić information content (AvgIpc) is 2.76. The van der Waals surface area contributed by atoms with Crippen LogP contribution in [-0.2, 0) is 23.7 Å². The van der Waals surface area contributed by atoms with Crippen LogP contribution in [0.25, 0.3) is 0 Å². The van der Waals surface area contributed by atoms with E-state index in [4.69, 9.17) is 23.7 Å². The molecule has 1 unspecified atom stereocenters. The third-order valence-corrected chi connectivity index (χ3v) is 3.96. The van der Waals surface area contributed by atoms with Crippen LogP contribution in [0.1, 0.15) is 33.1 Å². The number of benzene rings is 1. The molecule has 0 heterocycles. The molecule has 174 valence electrons. The van der Waals surface area contributed by atoms with Crippen LogP contribution in [0.5, 0.6) is 5.75 Å². The molecule has 0 aliphatic carbocycles. The summed E-state index contributed by atoms with van der Waals surface area (Å²) in [6, 6.07) is 9.30. The van der Waals surface area contributed by atoms with E-state index in [0.717, 1.165) is 12.8 Å². The second-order valence-electron chi connectivity index (χ2n) is 6.83. The van der Waals surface area contributed by atoms with Gasteiger partial charge in [-0.05, 0) is 45.2 Å². The molecule has 31 heavy (non-hydrogen) atoms. The highest BCUT2D eigenvalue weighted by molar-refractivity contribution is 5.86. The molecule has 0 fully saturated rings. The minimum absolute atomic E-state index is 0.173. The Morgan fingerprint density at radius 1 is 1.00 bits per heavy atom. The molecular weight excluding hydrogens is 402 g/mol. The summed E-state index contributed by atoms with van der Waals surface area (Å²) in [6.45, 7) is 9.92. The summed E-state index contributed by atoms with van der Waals surface area (Å²) >= 11 is 0. The maximum absolute atomic E-state index is 12.1. The number of ether oxygens (including phenoxy) is 5. The summed E-state index contributed by atoms with van der Waals surface area (Å²) in [5.41, 5.74) is 0.339. The Hall–Kier alpha value is -2.58. The van der Waals surface area contributed by atoms with Crippen molar-refractivity contribution in [2.45, 2.75) is 39.2 Å². The molecule has 0 bridgehead atoms. The standard InChI is InChI=1S/C23H35NO7/c1-4-27-14-8-9-15-28-17-21(18-30-20-11-6-5-7-12-20)31-23(26)24-13-10-16-29-22(25)19(2)3/h5-7,11-12,21H,2,4,8-10,13-18H2,1,3H3,(H,24,26). The molecule has 1 aromatic carbocycles. The fourth-order valence-corrected chi connectivity index (χ4v) is 2.33. The van der Waals surface area contributed by atoms with Crippen molar-refractivity contribution in [3.8, 4) is 5.75 Å². The highest BCUT2D eigenvalue weighted by Gasteiger charge is 2.16.